The van der Waals surface area contributed by atoms with Crippen molar-refractivity contribution in [1.82, 2.24) is 10.2 Å². The van der Waals surface area contributed by atoms with Crippen LogP contribution in [0.25, 0.3) is 0 Å². The Morgan fingerprint density at radius 1 is 1.25 bits per heavy atom. The summed E-state index contributed by atoms with van der Waals surface area (Å²) >= 11 is 1.23. The van der Waals surface area contributed by atoms with Crippen LogP contribution in [-0.2, 0) is 6.54 Å². The van der Waals surface area contributed by atoms with Crippen molar-refractivity contribution in [2.45, 2.75) is 6.54 Å². The van der Waals surface area contributed by atoms with Gasteiger partial charge in [-0.25, -0.2) is 0 Å². The number of hydrogen-bond acceptors (Lipinski definition) is 7. The largest absolute Gasteiger partial charge is 0.497 e. The van der Waals surface area contributed by atoms with Crippen molar-refractivity contribution >= 4 is 22.4 Å². The number of benzene rings is 1. The zero-order valence-electron chi connectivity index (χ0n) is 11.0. The molecule has 1 amide bonds. The predicted molar refractivity (Wildman–Crippen MR) is 75.3 cm³/mol. The standard InChI is InChI=1S/C12H14N4O3S/c1-18-8-3-7(4-9(5-8)19-2)11(17)14-12-16-15-10(6-13)20-12/h3-5H,6,13H2,1-2H3,(H,14,16,17). The highest BCUT2D eigenvalue weighted by Crippen LogP contribution is 2.23. The van der Waals surface area contributed by atoms with Crippen LogP contribution in [-0.4, -0.2) is 30.3 Å². The molecule has 2 aromatic rings. The van der Waals surface area contributed by atoms with Gasteiger partial charge in [0, 0.05) is 18.2 Å². The van der Waals surface area contributed by atoms with E-state index in [2.05, 4.69) is 15.5 Å². The molecule has 0 saturated carbocycles. The Kier molecular flexibility index (Phi) is 4.49. The number of nitrogens with zero attached hydrogens (tertiary/aromatic N) is 2. The van der Waals surface area contributed by atoms with Crippen molar-refractivity contribution in [3.63, 3.8) is 0 Å². The number of rotatable bonds is 5. The van der Waals surface area contributed by atoms with Crippen LogP contribution in [0.4, 0.5) is 5.13 Å². The molecule has 0 bridgehead atoms. The molecule has 1 aromatic carbocycles. The second-order valence-corrected chi connectivity index (χ2v) is 4.82. The van der Waals surface area contributed by atoms with E-state index in [0.29, 0.717) is 33.7 Å². The van der Waals surface area contributed by atoms with Crippen LogP contribution in [0.5, 0.6) is 11.5 Å². The molecule has 0 aliphatic rings. The van der Waals surface area contributed by atoms with E-state index in [1.807, 2.05) is 0 Å². The molecule has 0 unspecified atom stereocenters. The van der Waals surface area contributed by atoms with Crippen LogP contribution >= 0.6 is 11.3 Å². The van der Waals surface area contributed by atoms with E-state index in [1.54, 1.807) is 18.2 Å². The molecule has 0 fully saturated rings. The third-order valence-corrected chi connectivity index (χ3v) is 3.34. The van der Waals surface area contributed by atoms with Gasteiger partial charge in [0.15, 0.2) is 0 Å². The highest BCUT2D eigenvalue weighted by molar-refractivity contribution is 7.15. The average Bonchev–Trinajstić information content (AvgIpc) is 2.94. The Labute approximate surface area is 119 Å². The minimum absolute atomic E-state index is 0.292. The van der Waals surface area contributed by atoms with Crippen molar-refractivity contribution in [3.05, 3.63) is 28.8 Å². The fraction of sp³-hybridized carbons (Fsp3) is 0.250. The number of hydrogen-bond donors (Lipinski definition) is 2. The van der Waals surface area contributed by atoms with E-state index in [9.17, 15) is 4.79 Å². The highest BCUT2D eigenvalue weighted by Gasteiger charge is 2.12. The van der Waals surface area contributed by atoms with Crippen LogP contribution in [0.1, 0.15) is 15.4 Å². The summed E-state index contributed by atoms with van der Waals surface area (Å²) in [7, 11) is 3.05. The molecule has 1 aromatic heterocycles. The molecule has 0 aliphatic carbocycles. The maximum absolute atomic E-state index is 12.1. The minimum atomic E-state index is -0.318. The Morgan fingerprint density at radius 2 is 1.90 bits per heavy atom. The number of anilines is 1. The lowest BCUT2D eigenvalue weighted by Gasteiger charge is -2.07. The van der Waals surface area contributed by atoms with E-state index < -0.39 is 0 Å². The van der Waals surface area contributed by atoms with Gasteiger partial charge in [0.2, 0.25) is 5.13 Å². The Bertz CT molecular complexity index is 592. The van der Waals surface area contributed by atoms with Gasteiger partial charge in [0.1, 0.15) is 16.5 Å². The first-order valence-electron chi connectivity index (χ1n) is 5.73. The van der Waals surface area contributed by atoms with Crippen LogP contribution in [0.2, 0.25) is 0 Å². The van der Waals surface area contributed by atoms with Crippen LogP contribution in [0.15, 0.2) is 18.2 Å². The second kappa shape index (κ2) is 6.31. The molecule has 8 heteroatoms. The normalized spacial score (nSPS) is 10.2. The van der Waals surface area contributed by atoms with Crippen molar-refractivity contribution in [2.75, 3.05) is 19.5 Å². The quantitative estimate of drug-likeness (QED) is 0.861. The van der Waals surface area contributed by atoms with Crippen LogP contribution in [0.3, 0.4) is 0 Å². The van der Waals surface area contributed by atoms with Gasteiger partial charge in [-0.15, -0.1) is 10.2 Å². The number of carbonyl (C=O) groups excluding carboxylic acids is 1. The zero-order chi connectivity index (χ0) is 14.5. The third kappa shape index (κ3) is 3.22. The molecular formula is C12H14N4O3S. The Balaban J connectivity index is 2.19. The molecule has 7 nitrogen and oxygen atoms in total. The van der Waals surface area contributed by atoms with Crippen molar-refractivity contribution in [3.8, 4) is 11.5 Å². The number of methoxy groups -OCH3 is 2. The highest BCUT2D eigenvalue weighted by atomic mass is 32.1. The molecule has 20 heavy (non-hydrogen) atoms. The van der Waals surface area contributed by atoms with Gasteiger partial charge >= 0.3 is 0 Å². The summed E-state index contributed by atoms with van der Waals surface area (Å²) in [6.07, 6.45) is 0. The number of carbonyl (C=O) groups is 1. The third-order valence-electron chi connectivity index (χ3n) is 2.48. The maximum atomic E-state index is 12.1. The molecule has 0 radical (unpaired) electrons. The first kappa shape index (κ1) is 14.2. The average molecular weight is 294 g/mol. The molecule has 0 atom stereocenters. The summed E-state index contributed by atoms with van der Waals surface area (Å²) in [5, 5.41) is 11.4. The molecule has 3 N–H and O–H groups in total. The van der Waals surface area contributed by atoms with E-state index in [-0.39, 0.29) is 5.91 Å². The maximum Gasteiger partial charge on any atom is 0.257 e. The van der Waals surface area contributed by atoms with Crippen molar-refractivity contribution in [1.29, 1.82) is 0 Å². The molecule has 0 saturated heterocycles. The lowest BCUT2D eigenvalue weighted by molar-refractivity contribution is 0.102. The van der Waals surface area contributed by atoms with E-state index in [0.717, 1.165) is 0 Å². The van der Waals surface area contributed by atoms with Gasteiger partial charge in [-0.05, 0) is 12.1 Å². The smallest absolute Gasteiger partial charge is 0.257 e. The summed E-state index contributed by atoms with van der Waals surface area (Å²) in [5.41, 5.74) is 5.85. The van der Waals surface area contributed by atoms with Crippen LogP contribution in [0, 0.1) is 0 Å². The van der Waals surface area contributed by atoms with Crippen LogP contribution < -0.4 is 20.5 Å². The summed E-state index contributed by atoms with van der Waals surface area (Å²) in [5.74, 6) is 0.755. The zero-order valence-corrected chi connectivity index (χ0v) is 11.9. The van der Waals surface area contributed by atoms with Gasteiger partial charge < -0.3 is 15.2 Å². The lowest BCUT2D eigenvalue weighted by Crippen LogP contribution is -2.12. The summed E-state index contributed by atoms with van der Waals surface area (Å²) < 4.78 is 10.2. The number of nitrogens with one attached hydrogen (secondary N) is 1. The molecule has 2 rings (SSSR count). The predicted octanol–water partition coefficient (Wildman–Crippen LogP) is 1.27. The number of ether oxygens (including phenoxy) is 2. The van der Waals surface area contributed by atoms with E-state index >= 15 is 0 Å². The number of amides is 1. The first-order chi connectivity index (χ1) is 9.66. The molecule has 0 spiro atoms. The van der Waals surface area contributed by atoms with Gasteiger partial charge in [0.25, 0.3) is 5.91 Å². The Morgan fingerprint density at radius 3 is 2.40 bits per heavy atom. The second-order valence-electron chi connectivity index (χ2n) is 3.76. The topological polar surface area (TPSA) is 99.4 Å². The van der Waals surface area contributed by atoms with E-state index in [1.165, 1.54) is 25.6 Å². The fourth-order valence-electron chi connectivity index (χ4n) is 1.49. The van der Waals surface area contributed by atoms with Gasteiger partial charge in [-0.3, -0.25) is 10.1 Å². The van der Waals surface area contributed by atoms with Crippen molar-refractivity contribution in [2.24, 2.45) is 5.73 Å². The molecule has 106 valence electrons. The van der Waals surface area contributed by atoms with Gasteiger partial charge in [0.05, 0.1) is 14.2 Å². The molecule has 0 aliphatic heterocycles. The number of nitrogens with two attached hydrogens (primary N) is 1. The van der Waals surface area contributed by atoms with Gasteiger partial charge in [-0.2, -0.15) is 0 Å². The first-order valence-corrected chi connectivity index (χ1v) is 6.54. The van der Waals surface area contributed by atoms with Gasteiger partial charge in [-0.1, -0.05) is 11.3 Å². The van der Waals surface area contributed by atoms with Crippen molar-refractivity contribution < 1.29 is 14.3 Å². The number of aromatic nitrogens is 2. The lowest BCUT2D eigenvalue weighted by atomic mass is 10.2. The fourth-order valence-corrected chi connectivity index (χ4v) is 2.11. The summed E-state index contributed by atoms with van der Waals surface area (Å²) in [6, 6.07) is 4.92. The Hall–Kier alpha value is -2.19. The molecular weight excluding hydrogens is 280 g/mol. The summed E-state index contributed by atoms with van der Waals surface area (Å²) in [6.45, 7) is 0.292. The van der Waals surface area contributed by atoms with E-state index in [4.69, 9.17) is 15.2 Å². The SMILES string of the molecule is COc1cc(OC)cc(C(=O)Nc2nnc(CN)s2)c1. The monoisotopic (exact) mass is 294 g/mol. The summed E-state index contributed by atoms with van der Waals surface area (Å²) in [4.78, 5) is 12.1. The minimum Gasteiger partial charge on any atom is -0.497 e. The molecule has 1 heterocycles.